The average Bonchev–Trinajstić information content (AvgIpc) is 2.74. The lowest BCUT2D eigenvalue weighted by molar-refractivity contribution is 0.0950. The summed E-state index contributed by atoms with van der Waals surface area (Å²) < 4.78 is 0. The van der Waals surface area contributed by atoms with Gasteiger partial charge in [-0.25, -0.2) is 0 Å². The van der Waals surface area contributed by atoms with E-state index in [1.165, 1.54) is 0 Å². The van der Waals surface area contributed by atoms with Gasteiger partial charge >= 0.3 is 0 Å². The molecule has 0 aliphatic heterocycles. The summed E-state index contributed by atoms with van der Waals surface area (Å²) in [7, 11) is 0. The van der Waals surface area contributed by atoms with Crippen molar-refractivity contribution in [2.24, 2.45) is 0 Å². The number of nitrogens with two attached hydrogens (primary N) is 1. The maximum absolute atomic E-state index is 11.6. The highest BCUT2D eigenvalue weighted by atomic mass is 32.1. The number of pyridine rings is 1. The molecule has 0 aromatic carbocycles. The molecule has 7 heteroatoms. The monoisotopic (exact) mass is 235 g/mol. The number of nitrogen functional groups attached to an aromatic ring is 1. The Morgan fingerprint density at radius 1 is 1.50 bits per heavy atom. The van der Waals surface area contributed by atoms with E-state index in [9.17, 15) is 4.79 Å². The van der Waals surface area contributed by atoms with Crippen LogP contribution in [0.5, 0.6) is 0 Å². The van der Waals surface area contributed by atoms with Crippen molar-refractivity contribution < 1.29 is 4.79 Å². The van der Waals surface area contributed by atoms with E-state index in [-0.39, 0.29) is 16.0 Å². The van der Waals surface area contributed by atoms with Crippen molar-refractivity contribution in [3.8, 4) is 0 Å². The van der Waals surface area contributed by atoms with Crippen molar-refractivity contribution in [2.75, 3.05) is 5.73 Å². The Morgan fingerprint density at radius 2 is 2.38 bits per heavy atom. The van der Waals surface area contributed by atoms with Gasteiger partial charge in [0.2, 0.25) is 10.1 Å². The lowest BCUT2D eigenvalue weighted by Crippen LogP contribution is -2.22. The molecule has 82 valence electrons. The first-order valence-corrected chi connectivity index (χ1v) is 5.33. The zero-order valence-electron chi connectivity index (χ0n) is 8.25. The molecule has 0 unspecified atom stereocenters. The minimum absolute atomic E-state index is 0.265. The van der Waals surface area contributed by atoms with Crippen LogP contribution in [0.1, 0.15) is 15.4 Å². The van der Waals surface area contributed by atoms with Gasteiger partial charge in [0.15, 0.2) is 0 Å². The van der Waals surface area contributed by atoms with E-state index >= 15 is 0 Å². The number of nitrogens with one attached hydrogen (secondary N) is 1. The van der Waals surface area contributed by atoms with Gasteiger partial charge in [-0.1, -0.05) is 17.4 Å². The van der Waals surface area contributed by atoms with Crippen molar-refractivity contribution in [1.82, 2.24) is 20.5 Å². The Labute approximate surface area is 95.5 Å². The minimum atomic E-state index is -0.280. The summed E-state index contributed by atoms with van der Waals surface area (Å²) in [5.74, 6) is -0.280. The highest BCUT2D eigenvalue weighted by Gasteiger charge is 2.10. The molecule has 16 heavy (non-hydrogen) atoms. The number of carbonyl (C=O) groups is 1. The first-order valence-electron chi connectivity index (χ1n) is 4.52. The standard InChI is InChI=1S/C9H9N5OS/c10-9-14-13-8(16-9)7(15)12-5-6-2-1-3-11-4-6/h1-4H,5H2,(H2,10,14)(H,12,15). The lowest BCUT2D eigenvalue weighted by atomic mass is 10.3. The molecule has 1 amide bonds. The van der Waals surface area contributed by atoms with Crippen LogP contribution in [-0.2, 0) is 6.54 Å². The molecule has 3 N–H and O–H groups in total. The summed E-state index contributed by atoms with van der Waals surface area (Å²) in [4.78, 5) is 15.5. The molecule has 2 heterocycles. The zero-order chi connectivity index (χ0) is 11.4. The van der Waals surface area contributed by atoms with Crippen molar-refractivity contribution in [1.29, 1.82) is 0 Å². The molecule has 0 spiro atoms. The van der Waals surface area contributed by atoms with Gasteiger partial charge in [0.05, 0.1) is 0 Å². The topological polar surface area (TPSA) is 93.8 Å². The van der Waals surface area contributed by atoms with Gasteiger partial charge in [-0.3, -0.25) is 9.78 Å². The molecular weight excluding hydrogens is 226 g/mol. The van der Waals surface area contributed by atoms with Crippen molar-refractivity contribution in [3.05, 3.63) is 35.1 Å². The van der Waals surface area contributed by atoms with Gasteiger partial charge in [-0.15, -0.1) is 10.2 Å². The third-order valence-corrected chi connectivity index (χ3v) is 2.56. The molecule has 6 nitrogen and oxygen atoms in total. The predicted octanol–water partition coefficient (Wildman–Crippen LogP) is 0.445. The zero-order valence-corrected chi connectivity index (χ0v) is 9.07. The summed E-state index contributed by atoms with van der Waals surface area (Å²) in [6.45, 7) is 0.409. The second-order valence-corrected chi connectivity index (χ2v) is 4.00. The number of amides is 1. The molecule has 0 bridgehead atoms. The fourth-order valence-electron chi connectivity index (χ4n) is 1.09. The van der Waals surface area contributed by atoms with Gasteiger partial charge in [0.1, 0.15) is 0 Å². The fraction of sp³-hybridized carbons (Fsp3) is 0.111. The summed E-state index contributed by atoms with van der Waals surface area (Å²) >= 11 is 1.06. The lowest BCUT2D eigenvalue weighted by Gasteiger charge is -2.01. The van der Waals surface area contributed by atoms with Gasteiger partial charge < -0.3 is 11.1 Å². The van der Waals surface area contributed by atoms with E-state index in [4.69, 9.17) is 5.73 Å². The Morgan fingerprint density at radius 3 is 3.00 bits per heavy atom. The van der Waals surface area contributed by atoms with Gasteiger partial charge in [-0.2, -0.15) is 0 Å². The van der Waals surface area contributed by atoms with Crippen molar-refractivity contribution in [3.63, 3.8) is 0 Å². The third kappa shape index (κ3) is 2.51. The van der Waals surface area contributed by atoms with Gasteiger partial charge in [-0.05, 0) is 11.6 Å². The van der Waals surface area contributed by atoms with Crippen LogP contribution < -0.4 is 11.1 Å². The first kappa shape index (κ1) is 10.5. The third-order valence-electron chi connectivity index (χ3n) is 1.81. The van der Waals surface area contributed by atoms with Crippen molar-refractivity contribution >= 4 is 22.4 Å². The molecule has 0 saturated heterocycles. The average molecular weight is 235 g/mol. The van der Waals surface area contributed by atoms with E-state index in [0.717, 1.165) is 16.9 Å². The van der Waals surface area contributed by atoms with E-state index in [0.29, 0.717) is 6.54 Å². The SMILES string of the molecule is Nc1nnc(C(=O)NCc2cccnc2)s1. The van der Waals surface area contributed by atoms with Crippen LogP contribution in [0.25, 0.3) is 0 Å². The number of aromatic nitrogens is 3. The molecule has 0 atom stereocenters. The smallest absolute Gasteiger partial charge is 0.282 e. The Balaban J connectivity index is 1.94. The molecule has 2 rings (SSSR count). The first-order chi connectivity index (χ1) is 7.75. The van der Waals surface area contributed by atoms with Crippen molar-refractivity contribution in [2.45, 2.75) is 6.54 Å². The normalized spacial score (nSPS) is 10.0. The number of carbonyl (C=O) groups excluding carboxylic acids is 1. The van der Waals surface area contributed by atoms with Gasteiger partial charge in [0.25, 0.3) is 5.91 Å². The molecule has 0 aliphatic rings. The minimum Gasteiger partial charge on any atom is -0.374 e. The van der Waals surface area contributed by atoms with Crippen LogP contribution in [0.3, 0.4) is 0 Å². The highest BCUT2D eigenvalue weighted by Crippen LogP contribution is 2.10. The van der Waals surface area contributed by atoms with E-state index < -0.39 is 0 Å². The number of nitrogens with zero attached hydrogens (tertiary/aromatic N) is 3. The molecule has 0 fully saturated rings. The molecular formula is C9H9N5OS. The van der Waals surface area contributed by atoms with Crippen LogP contribution in [-0.4, -0.2) is 21.1 Å². The summed E-state index contributed by atoms with van der Waals surface area (Å²) in [6.07, 6.45) is 3.37. The molecule has 0 radical (unpaired) electrons. The second kappa shape index (κ2) is 4.67. The largest absolute Gasteiger partial charge is 0.374 e. The molecule has 2 aromatic rings. The second-order valence-electron chi connectivity index (χ2n) is 2.99. The Hall–Kier alpha value is -2.02. The van der Waals surface area contributed by atoms with E-state index in [1.807, 2.05) is 12.1 Å². The van der Waals surface area contributed by atoms with Gasteiger partial charge in [0, 0.05) is 18.9 Å². The van der Waals surface area contributed by atoms with E-state index in [1.54, 1.807) is 12.4 Å². The molecule has 0 aliphatic carbocycles. The summed E-state index contributed by atoms with van der Waals surface area (Å²) in [5.41, 5.74) is 6.30. The van der Waals surface area contributed by atoms with Crippen LogP contribution >= 0.6 is 11.3 Å². The van der Waals surface area contributed by atoms with Crippen LogP contribution in [0.15, 0.2) is 24.5 Å². The molecule has 0 saturated carbocycles. The summed E-state index contributed by atoms with van der Waals surface area (Å²) in [5, 5.41) is 10.5. The summed E-state index contributed by atoms with van der Waals surface area (Å²) in [6, 6.07) is 3.69. The Bertz CT molecular complexity index is 484. The Kier molecular flexibility index (Phi) is 3.06. The quantitative estimate of drug-likeness (QED) is 0.805. The number of rotatable bonds is 3. The molecule has 2 aromatic heterocycles. The highest BCUT2D eigenvalue weighted by molar-refractivity contribution is 7.16. The number of hydrogen-bond acceptors (Lipinski definition) is 6. The maximum Gasteiger partial charge on any atom is 0.282 e. The van der Waals surface area contributed by atoms with Crippen LogP contribution in [0, 0.1) is 0 Å². The number of hydrogen-bond donors (Lipinski definition) is 2. The number of anilines is 1. The fourth-order valence-corrected chi connectivity index (χ4v) is 1.61. The maximum atomic E-state index is 11.6. The van der Waals surface area contributed by atoms with E-state index in [2.05, 4.69) is 20.5 Å². The predicted molar refractivity (Wildman–Crippen MR) is 59.7 cm³/mol. The van der Waals surface area contributed by atoms with Crippen LogP contribution in [0.2, 0.25) is 0 Å². The van der Waals surface area contributed by atoms with Crippen LogP contribution in [0.4, 0.5) is 5.13 Å².